The first kappa shape index (κ1) is 16.9. The molecule has 0 atom stereocenters. The lowest BCUT2D eigenvalue weighted by Crippen LogP contribution is -2.28. The van der Waals surface area contributed by atoms with Crippen molar-refractivity contribution in [1.29, 1.82) is 0 Å². The van der Waals surface area contributed by atoms with Crippen LogP contribution >= 0.6 is 11.3 Å². The summed E-state index contributed by atoms with van der Waals surface area (Å²) >= 11 is 1.21. The molecule has 7 heteroatoms. The molecule has 1 aliphatic rings. The van der Waals surface area contributed by atoms with Crippen LogP contribution in [0.5, 0.6) is 0 Å². The second-order valence-corrected chi connectivity index (χ2v) is 7.49. The Balaban J connectivity index is 1.83. The highest BCUT2D eigenvalue weighted by atomic mass is 32.1. The number of rotatable bonds is 2. The zero-order chi connectivity index (χ0) is 18.4. The van der Waals surface area contributed by atoms with Crippen molar-refractivity contribution >= 4 is 33.1 Å². The second kappa shape index (κ2) is 6.32. The summed E-state index contributed by atoms with van der Waals surface area (Å²) in [7, 11) is 1.54. The van der Waals surface area contributed by atoms with Gasteiger partial charge in [0, 0.05) is 20.0 Å². The molecular formula is C19H18FN3O2S. The molecule has 0 fully saturated rings. The number of anilines is 1. The quantitative estimate of drug-likeness (QED) is 0.693. The third-order valence-electron chi connectivity index (χ3n) is 4.87. The molecule has 0 saturated carbocycles. The molecular weight excluding hydrogens is 353 g/mol. The van der Waals surface area contributed by atoms with E-state index in [0.717, 1.165) is 25.1 Å². The third kappa shape index (κ3) is 2.54. The van der Waals surface area contributed by atoms with Crippen LogP contribution in [0.3, 0.4) is 0 Å². The number of halogens is 1. The van der Waals surface area contributed by atoms with E-state index in [-0.39, 0.29) is 17.2 Å². The van der Waals surface area contributed by atoms with Crippen molar-refractivity contribution in [3.63, 3.8) is 0 Å². The van der Waals surface area contributed by atoms with Crippen molar-refractivity contribution < 1.29 is 9.18 Å². The predicted octanol–water partition coefficient (Wildman–Crippen LogP) is 3.52. The van der Waals surface area contributed by atoms with E-state index in [4.69, 9.17) is 0 Å². The molecule has 0 radical (unpaired) electrons. The molecule has 5 nitrogen and oxygen atoms in total. The number of nitrogens with zero attached hydrogens (tertiary/aromatic N) is 3. The number of amides is 1. The maximum atomic E-state index is 14.0. The van der Waals surface area contributed by atoms with E-state index in [2.05, 4.69) is 4.98 Å². The van der Waals surface area contributed by atoms with Crippen LogP contribution in [-0.2, 0) is 13.0 Å². The molecule has 4 rings (SSSR count). The maximum Gasteiger partial charge on any atom is 0.268 e. The minimum atomic E-state index is -0.462. The van der Waals surface area contributed by atoms with E-state index in [1.807, 2.05) is 0 Å². The predicted molar refractivity (Wildman–Crippen MR) is 101 cm³/mol. The van der Waals surface area contributed by atoms with Gasteiger partial charge in [-0.1, -0.05) is 12.1 Å². The number of thiophene rings is 1. The van der Waals surface area contributed by atoms with Gasteiger partial charge in [-0.15, -0.1) is 11.3 Å². The van der Waals surface area contributed by atoms with E-state index >= 15 is 0 Å². The maximum absolute atomic E-state index is 14.0. The Labute approximate surface area is 153 Å². The fourth-order valence-electron chi connectivity index (χ4n) is 3.42. The van der Waals surface area contributed by atoms with Gasteiger partial charge in [-0.25, -0.2) is 9.37 Å². The van der Waals surface area contributed by atoms with E-state index < -0.39 is 5.82 Å². The number of aromatic nitrogens is 2. The Hall–Kier alpha value is -2.54. The molecule has 0 saturated heterocycles. The molecule has 26 heavy (non-hydrogen) atoms. The molecule has 134 valence electrons. The van der Waals surface area contributed by atoms with Crippen LogP contribution in [0.1, 0.15) is 33.9 Å². The van der Waals surface area contributed by atoms with E-state index in [0.29, 0.717) is 27.2 Å². The number of fused-ring (bicyclic) bond motifs is 2. The third-order valence-corrected chi connectivity index (χ3v) is 6.05. The molecule has 1 aromatic carbocycles. The molecule has 0 aliphatic carbocycles. The highest BCUT2D eigenvalue weighted by Gasteiger charge is 2.25. The second-order valence-electron chi connectivity index (χ2n) is 6.49. The fourth-order valence-corrected chi connectivity index (χ4v) is 4.59. The average Bonchev–Trinajstić information content (AvgIpc) is 2.98. The first-order valence-electron chi connectivity index (χ1n) is 8.54. The summed E-state index contributed by atoms with van der Waals surface area (Å²) < 4.78 is 15.8. The number of carbonyl (C=O) groups excluding carboxylic acids is 1. The Morgan fingerprint density at radius 3 is 2.85 bits per heavy atom. The largest absolute Gasteiger partial charge is 0.308 e. The standard InChI is InChI=1S/C19H18FN3O2S/c1-11-15-17(21-14-9-5-6-10-23(14)18(15)24)26-16(11)19(25)22(2)13-8-4-3-7-12(13)20/h3-4,7-8H,5-6,9-10H2,1-2H3. The summed E-state index contributed by atoms with van der Waals surface area (Å²) in [6.07, 6.45) is 2.76. The number of aryl methyl sites for hydroxylation is 2. The first-order chi connectivity index (χ1) is 12.5. The highest BCUT2D eigenvalue weighted by molar-refractivity contribution is 7.20. The van der Waals surface area contributed by atoms with Gasteiger partial charge < -0.3 is 4.90 Å². The molecule has 3 aromatic rings. The topological polar surface area (TPSA) is 55.2 Å². The lowest BCUT2D eigenvalue weighted by Gasteiger charge is -2.17. The zero-order valence-corrected chi connectivity index (χ0v) is 15.4. The molecule has 1 aliphatic heterocycles. The molecule has 0 N–H and O–H groups in total. The lowest BCUT2D eigenvalue weighted by atomic mass is 10.1. The number of hydrogen-bond acceptors (Lipinski definition) is 4. The summed E-state index contributed by atoms with van der Waals surface area (Å²) in [5.74, 6) is -0.00907. The van der Waals surface area contributed by atoms with Crippen LogP contribution in [0.25, 0.3) is 10.2 Å². The molecule has 2 aromatic heterocycles. The van der Waals surface area contributed by atoms with Crippen LogP contribution in [0.4, 0.5) is 10.1 Å². The Morgan fingerprint density at radius 2 is 2.08 bits per heavy atom. The van der Waals surface area contributed by atoms with Crippen LogP contribution in [0, 0.1) is 12.7 Å². The van der Waals surface area contributed by atoms with Gasteiger partial charge in [0.05, 0.1) is 16.0 Å². The lowest BCUT2D eigenvalue weighted by molar-refractivity contribution is 0.0995. The van der Waals surface area contributed by atoms with Crippen molar-refractivity contribution in [2.45, 2.75) is 32.7 Å². The highest BCUT2D eigenvalue weighted by Crippen LogP contribution is 2.30. The summed E-state index contributed by atoms with van der Waals surface area (Å²) in [4.78, 5) is 32.7. The van der Waals surface area contributed by atoms with Gasteiger partial charge in [-0.05, 0) is 37.5 Å². The van der Waals surface area contributed by atoms with Crippen molar-refractivity contribution in [1.82, 2.24) is 9.55 Å². The van der Waals surface area contributed by atoms with Gasteiger partial charge in [0.15, 0.2) is 0 Å². The minimum absolute atomic E-state index is 0.0777. The normalized spacial score (nSPS) is 13.7. The summed E-state index contributed by atoms with van der Waals surface area (Å²) in [6.45, 7) is 2.44. The van der Waals surface area contributed by atoms with Gasteiger partial charge >= 0.3 is 0 Å². The van der Waals surface area contributed by atoms with E-state index in [1.54, 1.807) is 29.7 Å². The van der Waals surface area contributed by atoms with Gasteiger partial charge in [0.1, 0.15) is 16.5 Å². The average molecular weight is 371 g/mol. The minimum Gasteiger partial charge on any atom is -0.308 e. The van der Waals surface area contributed by atoms with Crippen LogP contribution in [0.15, 0.2) is 29.1 Å². The van der Waals surface area contributed by atoms with Gasteiger partial charge in [-0.3, -0.25) is 14.2 Å². The van der Waals surface area contributed by atoms with E-state index in [9.17, 15) is 14.0 Å². The Morgan fingerprint density at radius 1 is 1.31 bits per heavy atom. The molecule has 1 amide bonds. The SMILES string of the molecule is Cc1c(C(=O)N(C)c2ccccc2F)sc2nc3n(c(=O)c12)CCCC3. The van der Waals surface area contributed by atoms with Crippen molar-refractivity contribution in [2.75, 3.05) is 11.9 Å². The number of para-hydroxylation sites is 1. The Bertz CT molecular complexity index is 1090. The van der Waals surface area contributed by atoms with Crippen molar-refractivity contribution in [3.05, 3.63) is 56.7 Å². The monoisotopic (exact) mass is 371 g/mol. The van der Waals surface area contributed by atoms with Crippen LogP contribution < -0.4 is 10.5 Å². The zero-order valence-electron chi connectivity index (χ0n) is 14.6. The fraction of sp³-hybridized carbons (Fsp3) is 0.316. The smallest absolute Gasteiger partial charge is 0.268 e. The first-order valence-corrected chi connectivity index (χ1v) is 9.36. The van der Waals surface area contributed by atoms with Crippen LogP contribution in [-0.4, -0.2) is 22.5 Å². The molecule has 0 bridgehead atoms. The number of benzene rings is 1. The Kier molecular flexibility index (Phi) is 4.11. The number of hydrogen-bond donors (Lipinski definition) is 0. The molecule has 0 spiro atoms. The van der Waals surface area contributed by atoms with Gasteiger partial charge in [-0.2, -0.15) is 0 Å². The summed E-state index contributed by atoms with van der Waals surface area (Å²) in [6, 6.07) is 6.14. The molecule has 0 unspecified atom stereocenters. The van der Waals surface area contributed by atoms with Crippen molar-refractivity contribution in [3.8, 4) is 0 Å². The number of carbonyl (C=O) groups is 1. The summed E-state index contributed by atoms with van der Waals surface area (Å²) in [5.41, 5.74) is 0.751. The molecule has 3 heterocycles. The summed E-state index contributed by atoms with van der Waals surface area (Å²) in [5, 5.41) is 0.505. The van der Waals surface area contributed by atoms with E-state index in [1.165, 1.54) is 29.4 Å². The van der Waals surface area contributed by atoms with Gasteiger partial charge in [0.25, 0.3) is 11.5 Å². The van der Waals surface area contributed by atoms with Crippen molar-refractivity contribution in [2.24, 2.45) is 0 Å². The van der Waals surface area contributed by atoms with Crippen LogP contribution in [0.2, 0.25) is 0 Å². The van der Waals surface area contributed by atoms with Gasteiger partial charge in [0.2, 0.25) is 0 Å².